The molecule has 1 aliphatic carbocycles. The summed E-state index contributed by atoms with van der Waals surface area (Å²) in [4.78, 5) is 16.9. The molecule has 0 aliphatic heterocycles. The van der Waals surface area contributed by atoms with Crippen molar-refractivity contribution in [1.29, 1.82) is 0 Å². The number of nitrogens with zero attached hydrogens (tertiary/aromatic N) is 1. The SMILES string of the molecule is COc1cc(/C=N/OCC(=O)NC2CCCCCC2)ccc1OC(F)F. The van der Waals surface area contributed by atoms with Crippen LogP contribution in [0.5, 0.6) is 11.5 Å². The van der Waals surface area contributed by atoms with Gasteiger partial charge in [-0.15, -0.1) is 0 Å². The highest BCUT2D eigenvalue weighted by atomic mass is 19.3. The molecule has 0 heterocycles. The van der Waals surface area contributed by atoms with Crippen molar-refractivity contribution in [3.8, 4) is 11.5 Å². The Morgan fingerprint density at radius 1 is 1.27 bits per heavy atom. The number of carbonyl (C=O) groups is 1. The fraction of sp³-hybridized carbons (Fsp3) is 0.556. The third kappa shape index (κ3) is 6.85. The second-order valence-electron chi connectivity index (χ2n) is 6.05. The Labute approximate surface area is 151 Å². The molecule has 26 heavy (non-hydrogen) atoms. The van der Waals surface area contributed by atoms with Crippen LogP contribution in [-0.4, -0.2) is 38.5 Å². The molecule has 1 fully saturated rings. The van der Waals surface area contributed by atoms with Crippen LogP contribution in [0.15, 0.2) is 23.4 Å². The Balaban J connectivity index is 1.79. The normalized spacial score (nSPS) is 15.7. The van der Waals surface area contributed by atoms with Gasteiger partial charge in [0.25, 0.3) is 5.91 Å². The first-order chi connectivity index (χ1) is 12.6. The third-order valence-corrected chi connectivity index (χ3v) is 4.10. The number of oxime groups is 1. The summed E-state index contributed by atoms with van der Waals surface area (Å²) in [5.41, 5.74) is 0.563. The van der Waals surface area contributed by atoms with Gasteiger partial charge in [-0.25, -0.2) is 0 Å². The summed E-state index contributed by atoms with van der Waals surface area (Å²) in [6, 6.07) is 4.57. The van der Waals surface area contributed by atoms with Crippen molar-refractivity contribution >= 4 is 12.1 Å². The van der Waals surface area contributed by atoms with Crippen LogP contribution in [0.4, 0.5) is 8.78 Å². The van der Waals surface area contributed by atoms with Gasteiger partial charge in [-0.2, -0.15) is 8.78 Å². The topological polar surface area (TPSA) is 69.2 Å². The number of carbonyl (C=O) groups excluding carboxylic acids is 1. The lowest BCUT2D eigenvalue weighted by Crippen LogP contribution is -2.36. The van der Waals surface area contributed by atoms with Crippen molar-refractivity contribution in [2.45, 2.75) is 51.2 Å². The maximum absolute atomic E-state index is 12.3. The molecule has 6 nitrogen and oxygen atoms in total. The number of methoxy groups -OCH3 is 1. The van der Waals surface area contributed by atoms with Gasteiger partial charge >= 0.3 is 6.61 Å². The minimum absolute atomic E-state index is 0.0663. The number of benzene rings is 1. The summed E-state index contributed by atoms with van der Waals surface area (Å²) in [6.45, 7) is -3.10. The number of hydrogen-bond donors (Lipinski definition) is 1. The molecular weight excluding hydrogens is 346 g/mol. The number of amides is 1. The van der Waals surface area contributed by atoms with Crippen LogP contribution in [0.25, 0.3) is 0 Å². The van der Waals surface area contributed by atoms with Crippen molar-refractivity contribution < 1.29 is 27.9 Å². The first kappa shape index (κ1) is 19.9. The van der Waals surface area contributed by atoms with Crippen LogP contribution < -0.4 is 14.8 Å². The average Bonchev–Trinajstić information content (AvgIpc) is 2.88. The van der Waals surface area contributed by atoms with Gasteiger partial charge in [-0.3, -0.25) is 4.79 Å². The molecule has 0 atom stereocenters. The smallest absolute Gasteiger partial charge is 0.387 e. The summed E-state index contributed by atoms with van der Waals surface area (Å²) in [6.07, 6.45) is 8.08. The Kier molecular flexibility index (Phi) is 8.11. The van der Waals surface area contributed by atoms with E-state index < -0.39 is 6.61 Å². The lowest BCUT2D eigenvalue weighted by atomic mass is 10.1. The predicted molar refractivity (Wildman–Crippen MR) is 92.8 cm³/mol. The molecule has 1 aromatic rings. The predicted octanol–water partition coefficient (Wildman–Crippen LogP) is 3.49. The summed E-state index contributed by atoms with van der Waals surface area (Å²) in [5.74, 6) is -0.115. The zero-order valence-electron chi connectivity index (χ0n) is 14.7. The fourth-order valence-corrected chi connectivity index (χ4v) is 2.84. The van der Waals surface area contributed by atoms with E-state index in [4.69, 9.17) is 9.57 Å². The summed E-state index contributed by atoms with van der Waals surface area (Å²) in [7, 11) is 1.35. The molecule has 144 valence electrons. The zero-order valence-corrected chi connectivity index (χ0v) is 14.7. The lowest BCUT2D eigenvalue weighted by molar-refractivity contribution is -0.126. The maximum atomic E-state index is 12.3. The second kappa shape index (κ2) is 10.6. The van der Waals surface area contributed by atoms with Crippen LogP contribution in [-0.2, 0) is 9.63 Å². The minimum atomic E-state index is -2.93. The van der Waals surface area contributed by atoms with Crippen LogP contribution in [0, 0.1) is 0 Å². The Hall–Kier alpha value is -2.38. The number of rotatable bonds is 8. The molecule has 0 bridgehead atoms. The summed E-state index contributed by atoms with van der Waals surface area (Å²) in [5, 5.41) is 6.68. The number of alkyl halides is 2. The average molecular weight is 370 g/mol. The van der Waals surface area contributed by atoms with Gasteiger partial charge in [0.1, 0.15) is 0 Å². The number of ether oxygens (including phenoxy) is 2. The molecule has 2 rings (SSSR count). The van der Waals surface area contributed by atoms with E-state index in [0.717, 1.165) is 25.7 Å². The minimum Gasteiger partial charge on any atom is -0.493 e. The van der Waals surface area contributed by atoms with E-state index >= 15 is 0 Å². The van der Waals surface area contributed by atoms with Crippen molar-refractivity contribution in [2.75, 3.05) is 13.7 Å². The van der Waals surface area contributed by atoms with Crippen molar-refractivity contribution in [2.24, 2.45) is 5.16 Å². The van der Waals surface area contributed by atoms with Gasteiger partial charge in [0.15, 0.2) is 18.1 Å². The summed E-state index contributed by atoms with van der Waals surface area (Å²) < 4.78 is 33.9. The van der Waals surface area contributed by atoms with Crippen LogP contribution >= 0.6 is 0 Å². The van der Waals surface area contributed by atoms with Crippen LogP contribution in [0.2, 0.25) is 0 Å². The molecule has 1 aliphatic rings. The van der Waals surface area contributed by atoms with Gasteiger partial charge in [0, 0.05) is 11.6 Å². The van der Waals surface area contributed by atoms with Crippen molar-refractivity contribution in [3.05, 3.63) is 23.8 Å². The van der Waals surface area contributed by atoms with E-state index in [-0.39, 0.29) is 30.1 Å². The molecule has 0 radical (unpaired) electrons. The third-order valence-electron chi connectivity index (χ3n) is 4.10. The van der Waals surface area contributed by atoms with E-state index in [1.807, 2.05) is 0 Å². The molecule has 0 saturated heterocycles. The van der Waals surface area contributed by atoms with E-state index in [0.29, 0.717) is 5.56 Å². The molecule has 1 aromatic carbocycles. The first-order valence-electron chi connectivity index (χ1n) is 8.66. The quantitative estimate of drug-likeness (QED) is 0.432. The van der Waals surface area contributed by atoms with Gasteiger partial charge < -0.3 is 19.6 Å². The summed E-state index contributed by atoms with van der Waals surface area (Å²) >= 11 is 0. The lowest BCUT2D eigenvalue weighted by Gasteiger charge is -2.15. The number of nitrogens with one attached hydrogen (secondary N) is 1. The molecule has 0 spiro atoms. The standard InChI is InChI=1S/C18H24F2N2O4/c1-24-16-10-13(8-9-15(16)26-18(19)20)11-21-25-12-17(23)22-14-6-4-2-3-5-7-14/h8-11,14,18H,2-7,12H2,1H3,(H,22,23)/b21-11+. The molecule has 0 unspecified atom stereocenters. The largest absolute Gasteiger partial charge is 0.493 e. The maximum Gasteiger partial charge on any atom is 0.387 e. The van der Waals surface area contributed by atoms with Crippen molar-refractivity contribution in [1.82, 2.24) is 5.32 Å². The van der Waals surface area contributed by atoms with E-state index in [9.17, 15) is 13.6 Å². The Morgan fingerprint density at radius 2 is 2.00 bits per heavy atom. The van der Waals surface area contributed by atoms with Crippen LogP contribution in [0.1, 0.15) is 44.1 Å². The first-order valence-corrected chi connectivity index (χ1v) is 8.66. The zero-order chi connectivity index (χ0) is 18.8. The van der Waals surface area contributed by atoms with E-state index in [1.54, 1.807) is 0 Å². The monoisotopic (exact) mass is 370 g/mol. The molecular formula is C18H24F2N2O4. The Bertz CT molecular complexity index is 603. The fourth-order valence-electron chi connectivity index (χ4n) is 2.84. The van der Waals surface area contributed by atoms with E-state index in [1.165, 1.54) is 44.4 Å². The molecule has 1 N–H and O–H groups in total. The van der Waals surface area contributed by atoms with Gasteiger partial charge in [0.2, 0.25) is 0 Å². The highest BCUT2D eigenvalue weighted by Crippen LogP contribution is 2.28. The molecule has 1 amide bonds. The second-order valence-corrected chi connectivity index (χ2v) is 6.05. The number of hydrogen-bond acceptors (Lipinski definition) is 5. The van der Waals surface area contributed by atoms with Crippen LogP contribution in [0.3, 0.4) is 0 Å². The van der Waals surface area contributed by atoms with Gasteiger partial charge in [-0.1, -0.05) is 30.8 Å². The van der Waals surface area contributed by atoms with Crippen molar-refractivity contribution in [3.63, 3.8) is 0 Å². The number of halogens is 2. The highest BCUT2D eigenvalue weighted by Gasteiger charge is 2.14. The van der Waals surface area contributed by atoms with E-state index in [2.05, 4.69) is 15.2 Å². The highest BCUT2D eigenvalue weighted by molar-refractivity contribution is 5.81. The Morgan fingerprint density at radius 3 is 2.65 bits per heavy atom. The molecule has 1 saturated carbocycles. The van der Waals surface area contributed by atoms with Gasteiger partial charge in [-0.05, 0) is 31.0 Å². The molecule has 0 aromatic heterocycles. The molecule has 8 heteroatoms. The van der Waals surface area contributed by atoms with Gasteiger partial charge in [0.05, 0.1) is 13.3 Å².